The van der Waals surface area contributed by atoms with Gasteiger partial charge in [-0.25, -0.2) is 8.42 Å². The molecular formula is C11H23NO4S. The Bertz CT molecular complexity index is 317. The van der Waals surface area contributed by atoms with E-state index in [9.17, 15) is 8.42 Å². The van der Waals surface area contributed by atoms with Gasteiger partial charge in [0, 0.05) is 32.4 Å². The number of sulfone groups is 1. The molecule has 1 heterocycles. The lowest BCUT2D eigenvalue weighted by Crippen LogP contribution is -2.44. The fraction of sp³-hybridized carbons (Fsp3) is 1.00. The van der Waals surface area contributed by atoms with Crippen LogP contribution in [0.5, 0.6) is 0 Å². The summed E-state index contributed by atoms with van der Waals surface area (Å²) in [6.07, 6.45) is 1.58. The third-order valence-electron chi connectivity index (χ3n) is 2.94. The Morgan fingerprint density at radius 2 is 2.06 bits per heavy atom. The molecule has 1 saturated heterocycles. The number of hydrogen-bond donors (Lipinski definition) is 1. The second-order valence-electron chi connectivity index (χ2n) is 4.79. The van der Waals surface area contributed by atoms with Crippen molar-refractivity contribution in [3.05, 3.63) is 0 Å². The maximum Gasteiger partial charge on any atom is 0.152 e. The van der Waals surface area contributed by atoms with Gasteiger partial charge < -0.3 is 14.8 Å². The molecule has 0 bridgehead atoms. The van der Waals surface area contributed by atoms with Crippen molar-refractivity contribution in [2.24, 2.45) is 0 Å². The molecule has 5 nitrogen and oxygen atoms in total. The molecule has 0 spiro atoms. The van der Waals surface area contributed by atoms with E-state index in [1.165, 1.54) is 0 Å². The number of hydrogen-bond acceptors (Lipinski definition) is 5. The molecule has 0 saturated carbocycles. The van der Waals surface area contributed by atoms with Crippen molar-refractivity contribution >= 4 is 9.84 Å². The Morgan fingerprint density at radius 1 is 1.29 bits per heavy atom. The molecule has 0 aromatic heterocycles. The van der Waals surface area contributed by atoms with Gasteiger partial charge >= 0.3 is 0 Å². The van der Waals surface area contributed by atoms with Crippen molar-refractivity contribution in [3.63, 3.8) is 0 Å². The van der Waals surface area contributed by atoms with Gasteiger partial charge in [0.1, 0.15) is 0 Å². The largest absolute Gasteiger partial charge is 0.385 e. The Balaban J connectivity index is 2.07. The van der Waals surface area contributed by atoms with E-state index in [0.717, 1.165) is 6.42 Å². The van der Waals surface area contributed by atoms with Crippen LogP contribution in [-0.4, -0.2) is 58.9 Å². The maximum atomic E-state index is 11.4. The molecule has 1 aliphatic rings. The second kappa shape index (κ2) is 6.68. The lowest BCUT2D eigenvalue weighted by Gasteiger charge is -2.23. The normalized spacial score (nSPS) is 27.4. The summed E-state index contributed by atoms with van der Waals surface area (Å²) in [5, 5.41) is 3.27. The summed E-state index contributed by atoms with van der Waals surface area (Å²) in [6, 6.07) is 0. The van der Waals surface area contributed by atoms with Crippen LogP contribution in [0.25, 0.3) is 0 Å². The average Bonchev–Trinajstić information content (AvgIpc) is 2.52. The van der Waals surface area contributed by atoms with Crippen molar-refractivity contribution in [1.82, 2.24) is 5.32 Å². The fourth-order valence-corrected chi connectivity index (χ4v) is 4.11. The zero-order chi connectivity index (χ0) is 12.8. The Morgan fingerprint density at radius 3 is 2.65 bits per heavy atom. The van der Waals surface area contributed by atoms with Crippen LogP contribution >= 0.6 is 0 Å². The molecule has 17 heavy (non-hydrogen) atoms. The lowest BCUT2D eigenvalue weighted by molar-refractivity contribution is 0.101. The molecule has 0 aromatic rings. The van der Waals surface area contributed by atoms with Gasteiger partial charge in [-0.2, -0.15) is 0 Å². The fourth-order valence-electron chi connectivity index (χ4n) is 1.98. The quantitative estimate of drug-likeness (QED) is 0.635. The summed E-state index contributed by atoms with van der Waals surface area (Å²) >= 11 is 0. The minimum atomic E-state index is -2.83. The highest BCUT2D eigenvalue weighted by atomic mass is 32.2. The molecule has 1 fully saturated rings. The molecule has 1 atom stereocenters. The minimum Gasteiger partial charge on any atom is -0.385 e. The zero-order valence-electron chi connectivity index (χ0n) is 10.7. The van der Waals surface area contributed by atoms with E-state index >= 15 is 0 Å². The van der Waals surface area contributed by atoms with Crippen LogP contribution in [0.4, 0.5) is 0 Å². The Kier molecular flexibility index (Phi) is 5.85. The number of ether oxygens (including phenoxy) is 2. The molecule has 0 aromatic carbocycles. The molecule has 0 radical (unpaired) electrons. The third kappa shape index (κ3) is 5.81. The number of methoxy groups -OCH3 is 1. The van der Waals surface area contributed by atoms with Crippen molar-refractivity contribution in [1.29, 1.82) is 0 Å². The van der Waals surface area contributed by atoms with Crippen LogP contribution in [0.1, 0.15) is 19.8 Å². The lowest BCUT2D eigenvalue weighted by atomic mass is 10.0. The smallest absolute Gasteiger partial charge is 0.152 e. The first-order valence-electron chi connectivity index (χ1n) is 6.00. The standard InChI is InChI=1S/C11H23NO4S/c1-11(4-9-17(13,14)10-11)12-5-8-16-7-3-6-15-2/h12H,3-10H2,1-2H3. The van der Waals surface area contributed by atoms with Gasteiger partial charge in [0.05, 0.1) is 18.1 Å². The summed E-state index contributed by atoms with van der Waals surface area (Å²) in [5.74, 6) is 0.537. The van der Waals surface area contributed by atoms with Gasteiger partial charge in [0.25, 0.3) is 0 Å². The molecule has 0 aliphatic carbocycles. The number of rotatable bonds is 8. The topological polar surface area (TPSA) is 64.6 Å². The first kappa shape index (κ1) is 14.9. The van der Waals surface area contributed by atoms with Gasteiger partial charge in [0.2, 0.25) is 0 Å². The van der Waals surface area contributed by atoms with E-state index < -0.39 is 9.84 Å². The van der Waals surface area contributed by atoms with Gasteiger partial charge in [-0.05, 0) is 19.8 Å². The molecule has 1 N–H and O–H groups in total. The van der Waals surface area contributed by atoms with Gasteiger partial charge in [-0.3, -0.25) is 0 Å². The van der Waals surface area contributed by atoms with Crippen molar-refractivity contribution in [2.75, 3.05) is 45.0 Å². The van der Waals surface area contributed by atoms with E-state index in [2.05, 4.69) is 5.32 Å². The van der Waals surface area contributed by atoms with E-state index in [0.29, 0.717) is 38.5 Å². The van der Waals surface area contributed by atoms with Crippen molar-refractivity contribution < 1.29 is 17.9 Å². The van der Waals surface area contributed by atoms with E-state index in [1.54, 1.807) is 7.11 Å². The summed E-state index contributed by atoms with van der Waals surface area (Å²) < 4.78 is 33.0. The monoisotopic (exact) mass is 265 g/mol. The SMILES string of the molecule is COCCCOCCNC1(C)CCS(=O)(=O)C1. The van der Waals surface area contributed by atoms with E-state index in [-0.39, 0.29) is 11.3 Å². The number of nitrogens with one attached hydrogen (secondary N) is 1. The average molecular weight is 265 g/mol. The maximum absolute atomic E-state index is 11.4. The molecular weight excluding hydrogens is 242 g/mol. The predicted molar refractivity (Wildman–Crippen MR) is 67.0 cm³/mol. The van der Waals surface area contributed by atoms with E-state index in [1.807, 2.05) is 6.92 Å². The van der Waals surface area contributed by atoms with Crippen LogP contribution in [0.3, 0.4) is 0 Å². The van der Waals surface area contributed by atoms with Crippen LogP contribution in [0, 0.1) is 0 Å². The Labute approximate surface area is 104 Å². The van der Waals surface area contributed by atoms with Gasteiger partial charge in [-0.15, -0.1) is 0 Å². The molecule has 0 amide bonds. The zero-order valence-corrected chi connectivity index (χ0v) is 11.5. The third-order valence-corrected chi connectivity index (χ3v) is 4.84. The van der Waals surface area contributed by atoms with Crippen LogP contribution in [0.2, 0.25) is 0 Å². The molecule has 6 heteroatoms. The van der Waals surface area contributed by atoms with Crippen LogP contribution in [0.15, 0.2) is 0 Å². The first-order valence-corrected chi connectivity index (χ1v) is 7.82. The summed E-state index contributed by atoms with van der Waals surface area (Å²) in [7, 11) is -1.16. The van der Waals surface area contributed by atoms with Crippen molar-refractivity contribution in [2.45, 2.75) is 25.3 Å². The van der Waals surface area contributed by atoms with E-state index in [4.69, 9.17) is 9.47 Å². The molecule has 1 rings (SSSR count). The Hall–Kier alpha value is -0.170. The summed E-state index contributed by atoms with van der Waals surface area (Å²) in [5.41, 5.74) is -0.269. The highest BCUT2D eigenvalue weighted by Crippen LogP contribution is 2.22. The first-order chi connectivity index (χ1) is 7.97. The minimum absolute atomic E-state index is 0.240. The van der Waals surface area contributed by atoms with Gasteiger partial charge in [-0.1, -0.05) is 0 Å². The van der Waals surface area contributed by atoms with Crippen LogP contribution in [-0.2, 0) is 19.3 Å². The summed E-state index contributed by atoms with van der Waals surface area (Å²) in [4.78, 5) is 0. The molecule has 1 unspecified atom stereocenters. The van der Waals surface area contributed by atoms with Gasteiger partial charge in [0.15, 0.2) is 9.84 Å². The highest BCUT2D eigenvalue weighted by molar-refractivity contribution is 7.91. The van der Waals surface area contributed by atoms with Crippen LogP contribution < -0.4 is 5.32 Å². The summed E-state index contributed by atoms with van der Waals surface area (Å²) in [6.45, 7) is 4.66. The van der Waals surface area contributed by atoms with Crippen molar-refractivity contribution in [3.8, 4) is 0 Å². The highest BCUT2D eigenvalue weighted by Gasteiger charge is 2.37. The second-order valence-corrected chi connectivity index (χ2v) is 6.97. The predicted octanol–water partition coefficient (Wildman–Crippen LogP) is 0.206. The molecule has 1 aliphatic heterocycles. The molecule has 102 valence electrons.